The summed E-state index contributed by atoms with van der Waals surface area (Å²) in [6.07, 6.45) is 7.72. The van der Waals surface area contributed by atoms with Crippen LogP contribution in [0.2, 0.25) is 0 Å². The van der Waals surface area contributed by atoms with Gasteiger partial charge in [-0.05, 0) is 36.6 Å². The number of thiocyanates is 1. The molecule has 0 N–H and O–H groups in total. The average molecular weight is 163 g/mol. The van der Waals surface area contributed by atoms with Gasteiger partial charge in [0.25, 0.3) is 0 Å². The van der Waals surface area contributed by atoms with Gasteiger partial charge in [0.05, 0.1) is 0 Å². The lowest BCUT2D eigenvalue weighted by molar-refractivity contribution is 0.822. The van der Waals surface area contributed by atoms with Crippen molar-refractivity contribution in [2.75, 3.05) is 0 Å². The molecule has 0 aliphatic heterocycles. The standard InChI is InChI=1S/C9H9NS/c10-8-11-7-6-9-4-2-1-3-5-9/h2,4,7H,1,3,5H2. The minimum atomic E-state index is 1.10. The number of nitriles is 1. The van der Waals surface area contributed by atoms with E-state index in [-0.39, 0.29) is 0 Å². The Morgan fingerprint density at radius 3 is 3.18 bits per heavy atom. The molecule has 0 fully saturated rings. The molecule has 0 bridgehead atoms. The summed E-state index contributed by atoms with van der Waals surface area (Å²) < 4.78 is 0. The van der Waals surface area contributed by atoms with Crippen LogP contribution >= 0.6 is 11.8 Å². The lowest BCUT2D eigenvalue weighted by Crippen LogP contribution is -1.83. The first-order chi connectivity index (χ1) is 5.43. The highest BCUT2D eigenvalue weighted by Gasteiger charge is 1.95. The van der Waals surface area contributed by atoms with Crippen molar-refractivity contribution < 1.29 is 0 Å². The van der Waals surface area contributed by atoms with Gasteiger partial charge in [-0.3, -0.25) is 0 Å². The Labute approximate surface area is 71.1 Å². The molecule has 0 aromatic carbocycles. The van der Waals surface area contributed by atoms with E-state index in [0.717, 1.165) is 18.2 Å². The molecule has 11 heavy (non-hydrogen) atoms. The van der Waals surface area contributed by atoms with Crippen molar-refractivity contribution in [1.82, 2.24) is 0 Å². The van der Waals surface area contributed by atoms with Gasteiger partial charge in [0.1, 0.15) is 5.40 Å². The Morgan fingerprint density at radius 2 is 2.55 bits per heavy atom. The topological polar surface area (TPSA) is 23.8 Å². The molecule has 0 radical (unpaired) electrons. The van der Waals surface area contributed by atoms with Crippen LogP contribution in [0.4, 0.5) is 0 Å². The zero-order valence-corrected chi connectivity index (χ0v) is 7.03. The van der Waals surface area contributed by atoms with E-state index in [1.54, 1.807) is 5.41 Å². The fraction of sp³-hybridized carbons (Fsp3) is 0.333. The van der Waals surface area contributed by atoms with E-state index in [1.807, 2.05) is 5.40 Å². The third kappa shape index (κ3) is 3.13. The lowest BCUT2D eigenvalue weighted by atomic mass is 10.0. The second-order valence-electron chi connectivity index (χ2n) is 2.29. The molecule has 0 heterocycles. The van der Waals surface area contributed by atoms with Gasteiger partial charge in [-0.2, -0.15) is 5.26 Å². The van der Waals surface area contributed by atoms with Gasteiger partial charge >= 0.3 is 0 Å². The Hall–Kier alpha value is -0.900. The molecule has 0 saturated heterocycles. The highest BCUT2D eigenvalue weighted by Crippen LogP contribution is 2.14. The second kappa shape index (κ2) is 4.85. The zero-order valence-electron chi connectivity index (χ0n) is 6.21. The van der Waals surface area contributed by atoms with Crippen molar-refractivity contribution >= 4 is 11.8 Å². The fourth-order valence-electron chi connectivity index (χ4n) is 0.971. The van der Waals surface area contributed by atoms with Gasteiger partial charge in [-0.25, -0.2) is 0 Å². The third-order valence-corrected chi connectivity index (χ3v) is 1.83. The average Bonchev–Trinajstić information content (AvgIpc) is 2.07. The maximum absolute atomic E-state index is 8.21. The largest absolute Gasteiger partial charge is 0.185 e. The number of allylic oxidation sites excluding steroid dienone is 3. The minimum Gasteiger partial charge on any atom is -0.185 e. The Bertz CT molecular complexity index is 251. The highest BCUT2D eigenvalue weighted by molar-refractivity contribution is 8.06. The molecule has 1 aliphatic carbocycles. The van der Waals surface area contributed by atoms with Crippen molar-refractivity contribution in [1.29, 1.82) is 5.26 Å². The summed E-state index contributed by atoms with van der Waals surface area (Å²) in [6, 6.07) is 0. The molecule has 1 nitrogen and oxygen atoms in total. The van der Waals surface area contributed by atoms with Gasteiger partial charge in [0.15, 0.2) is 0 Å². The van der Waals surface area contributed by atoms with E-state index in [9.17, 15) is 0 Å². The number of rotatable bonds is 1. The van der Waals surface area contributed by atoms with Crippen LogP contribution in [0.15, 0.2) is 28.9 Å². The van der Waals surface area contributed by atoms with Crippen molar-refractivity contribution in [2.24, 2.45) is 0 Å². The summed E-state index contributed by atoms with van der Waals surface area (Å²) in [5.41, 5.74) is 4.28. The highest BCUT2D eigenvalue weighted by atomic mass is 32.2. The van der Waals surface area contributed by atoms with Crippen LogP contribution < -0.4 is 0 Å². The molecule has 0 atom stereocenters. The predicted molar refractivity (Wildman–Crippen MR) is 47.8 cm³/mol. The van der Waals surface area contributed by atoms with Crippen LogP contribution in [0.3, 0.4) is 0 Å². The number of hydrogen-bond acceptors (Lipinski definition) is 2. The minimum absolute atomic E-state index is 1.10. The van der Waals surface area contributed by atoms with Crippen LogP contribution in [0.1, 0.15) is 19.3 Å². The molecule has 0 aromatic rings. The molecule has 0 unspecified atom stereocenters. The van der Waals surface area contributed by atoms with Gasteiger partial charge < -0.3 is 0 Å². The van der Waals surface area contributed by atoms with Crippen LogP contribution in [0.25, 0.3) is 0 Å². The van der Waals surface area contributed by atoms with Gasteiger partial charge in [0.2, 0.25) is 0 Å². The van der Waals surface area contributed by atoms with E-state index in [2.05, 4.69) is 17.9 Å². The first-order valence-electron chi connectivity index (χ1n) is 3.59. The van der Waals surface area contributed by atoms with Gasteiger partial charge in [-0.1, -0.05) is 12.2 Å². The van der Waals surface area contributed by atoms with Crippen LogP contribution in [-0.4, -0.2) is 0 Å². The summed E-state index contributed by atoms with van der Waals surface area (Å²) >= 11 is 1.12. The first-order valence-corrected chi connectivity index (χ1v) is 4.47. The quantitative estimate of drug-likeness (QED) is 0.438. The monoisotopic (exact) mass is 163 g/mol. The van der Waals surface area contributed by atoms with Crippen molar-refractivity contribution in [2.45, 2.75) is 19.3 Å². The van der Waals surface area contributed by atoms with E-state index >= 15 is 0 Å². The molecule has 0 aromatic heterocycles. The SMILES string of the molecule is N#CSC=C=C1C=CCCC1. The molecule has 2 heteroatoms. The summed E-state index contributed by atoms with van der Waals surface area (Å²) in [4.78, 5) is 0. The van der Waals surface area contributed by atoms with E-state index < -0.39 is 0 Å². The molecule has 1 aliphatic rings. The molecule has 0 saturated carbocycles. The van der Waals surface area contributed by atoms with Gasteiger partial charge in [-0.15, -0.1) is 5.73 Å². The molecular formula is C9H9NS. The summed E-state index contributed by atoms with van der Waals surface area (Å²) in [7, 11) is 0. The Balaban J connectivity index is 2.58. The molecule has 0 amide bonds. The molecule has 56 valence electrons. The van der Waals surface area contributed by atoms with Gasteiger partial charge in [0, 0.05) is 5.41 Å². The molecule has 1 rings (SSSR count). The van der Waals surface area contributed by atoms with E-state index in [4.69, 9.17) is 5.26 Å². The predicted octanol–water partition coefficient (Wildman–Crippen LogP) is 2.98. The van der Waals surface area contributed by atoms with Crippen LogP contribution in [0.5, 0.6) is 0 Å². The lowest BCUT2D eigenvalue weighted by Gasteiger charge is -2.02. The summed E-state index contributed by atoms with van der Waals surface area (Å²) in [5, 5.41) is 11.9. The van der Waals surface area contributed by atoms with Crippen molar-refractivity contribution in [3.8, 4) is 5.40 Å². The first kappa shape index (κ1) is 8.20. The van der Waals surface area contributed by atoms with Crippen LogP contribution in [-0.2, 0) is 0 Å². The number of hydrogen-bond donors (Lipinski definition) is 0. The maximum Gasteiger partial charge on any atom is 0.138 e. The number of nitrogens with zero attached hydrogens (tertiary/aromatic N) is 1. The summed E-state index contributed by atoms with van der Waals surface area (Å²) in [6.45, 7) is 0. The molecule has 0 spiro atoms. The Kier molecular flexibility index (Phi) is 3.61. The number of thioether (sulfide) groups is 1. The van der Waals surface area contributed by atoms with Crippen molar-refractivity contribution in [3.05, 3.63) is 28.9 Å². The van der Waals surface area contributed by atoms with E-state index in [0.29, 0.717) is 0 Å². The fourth-order valence-corrected chi connectivity index (χ4v) is 1.23. The third-order valence-electron chi connectivity index (χ3n) is 1.49. The Morgan fingerprint density at radius 1 is 1.64 bits per heavy atom. The van der Waals surface area contributed by atoms with Crippen molar-refractivity contribution in [3.63, 3.8) is 0 Å². The van der Waals surface area contributed by atoms with Crippen LogP contribution in [0, 0.1) is 10.7 Å². The normalized spacial score (nSPS) is 15.4. The van der Waals surface area contributed by atoms with E-state index in [1.165, 1.54) is 18.4 Å². The maximum atomic E-state index is 8.21. The smallest absolute Gasteiger partial charge is 0.138 e. The zero-order chi connectivity index (χ0) is 7.94. The molecular weight excluding hydrogens is 154 g/mol. The summed E-state index contributed by atoms with van der Waals surface area (Å²) in [5.74, 6) is 0. The second-order valence-corrected chi connectivity index (χ2v) is 2.95.